The Balaban J connectivity index is 1.71. The first-order valence-corrected chi connectivity index (χ1v) is 9.83. The van der Waals surface area contributed by atoms with Gasteiger partial charge in [-0.1, -0.05) is 53.7 Å². The average molecular weight is 354 g/mol. The van der Waals surface area contributed by atoms with Crippen molar-refractivity contribution in [3.63, 3.8) is 0 Å². The first-order valence-electron chi connectivity index (χ1n) is 8.85. The van der Waals surface area contributed by atoms with Gasteiger partial charge in [0.2, 0.25) is 0 Å². The lowest BCUT2D eigenvalue weighted by atomic mass is 9.89. The van der Waals surface area contributed by atoms with Crippen LogP contribution in [0.3, 0.4) is 0 Å². The molecule has 4 heteroatoms. The molecule has 0 bridgehead atoms. The van der Waals surface area contributed by atoms with E-state index in [4.69, 9.17) is 10.7 Å². The predicted molar refractivity (Wildman–Crippen MR) is 111 cm³/mol. The summed E-state index contributed by atoms with van der Waals surface area (Å²) in [6.07, 6.45) is 2.03. The van der Waals surface area contributed by atoms with Crippen molar-refractivity contribution < 1.29 is 0 Å². The van der Waals surface area contributed by atoms with E-state index in [-0.39, 0.29) is 5.54 Å². The number of hydrogen-bond acceptors (Lipinski definition) is 4. The SMILES string of the molecule is Cc1ccc(CCNc2cc(C3(C)CCSC(N)=N3)ccc2C)cc1. The summed E-state index contributed by atoms with van der Waals surface area (Å²) in [4.78, 5) is 4.72. The van der Waals surface area contributed by atoms with Gasteiger partial charge in [-0.05, 0) is 56.4 Å². The second kappa shape index (κ2) is 7.52. The molecule has 1 aliphatic rings. The van der Waals surface area contributed by atoms with Gasteiger partial charge in [0.05, 0.1) is 5.54 Å². The van der Waals surface area contributed by atoms with E-state index in [0.717, 1.165) is 25.1 Å². The molecule has 0 amide bonds. The van der Waals surface area contributed by atoms with E-state index in [0.29, 0.717) is 5.17 Å². The molecule has 0 saturated heterocycles. The maximum atomic E-state index is 5.97. The summed E-state index contributed by atoms with van der Waals surface area (Å²) < 4.78 is 0. The van der Waals surface area contributed by atoms with Crippen molar-refractivity contribution in [2.75, 3.05) is 17.6 Å². The number of nitrogens with two attached hydrogens (primary N) is 1. The van der Waals surface area contributed by atoms with Gasteiger partial charge in [0.15, 0.2) is 5.17 Å². The molecule has 1 aliphatic heterocycles. The van der Waals surface area contributed by atoms with E-state index in [1.807, 2.05) is 0 Å². The van der Waals surface area contributed by atoms with Crippen LogP contribution in [0.15, 0.2) is 47.5 Å². The molecule has 1 unspecified atom stereocenters. The molecule has 0 aliphatic carbocycles. The maximum absolute atomic E-state index is 5.97. The highest BCUT2D eigenvalue weighted by Crippen LogP contribution is 2.36. The van der Waals surface area contributed by atoms with Crippen molar-refractivity contribution in [3.05, 3.63) is 64.7 Å². The molecule has 2 aromatic rings. The van der Waals surface area contributed by atoms with Gasteiger partial charge in [0.1, 0.15) is 0 Å². The van der Waals surface area contributed by atoms with Gasteiger partial charge in [-0.15, -0.1) is 0 Å². The van der Waals surface area contributed by atoms with Gasteiger partial charge in [-0.3, -0.25) is 4.99 Å². The predicted octanol–water partition coefficient (Wildman–Crippen LogP) is 4.62. The van der Waals surface area contributed by atoms with Crippen LogP contribution in [-0.2, 0) is 12.0 Å². The van der Waals surface area contributed by atoms with Crippen LogP contribution in [0.4, 0.5) is 5.69 Å². The number of aryl methyl sites for hydroxylation is 2. The molecule has 0 saturated carbocycles. The summed E-state index contributed by atoms with van der Waals surface area (Å²) in [6.45, 7) is 7.37. The third-order valence-electron chi connectivity index (χ3n) is 4.90. The molecule has 3 N–H and O–H groups in total. The molecule has 0 aromatic heterocycles. The average Bonchev–Trinajstić information content (AvgIpc) is 2.58. The second-order valence-electron chi connectivity index (χ2n) is 7.01. The Morgan fingerprint density at radius 3 is 2.64 bits per heavy atom. The van der Waals surface area contributed by atoms with E-state index < -0.39 is 0 Å². The number of aliphatic imine (C=N–C) groups is 1. The molecule has 1 atom stereocenters. The number of nitrogens with zero attached hydrogens (tertiary/aromatic N) is 1. The summed E-state index contributed by atoms with van der Waals surface area (Å²) in [5.41, 5.74) is 12.1. The van der Waals surface area contributed by atoms with E-state index in [1.165, 1.54) is 27.9 Å². The summed E-state index contributed by atoms with van der Waals surface area (Å²) in [5.74, 6) is 1.02. The largest absolute Gasteiger partial charge is 0.384 e. The quantitative estimate of drug-likeness (QED) is 0.824. The number of anilines is 1. The highest BCUT2D eigenvalue weighted by molar-refractivity contribution is 8.13. The van der Waals surface area contributed by atoms with Gasteiger partial charge in [0, 0.05) is 18.0 Å². The third kappa shape index (κ3) is 4.37. The summed E-state index contributed by atoms with van der Waals surface area (Å²) in [6, 6.07) is 15.4. The number of amidine groups is 1. The molecule has 3 nitrogen and oxygen atoms in total. The molecule has 1 heterocycles. The highest BCUT2D eigenvalue weighted by atomic mass is 32.2. The normalized spacial score (nSPS) is 20.2. The Bertz CT molecular complexity index is 767. The first-order chi connectivity index (χ1) is 12.0. The number of thioether (sulfide) groups is 1. The van der Waals surface area contributed by atoms with Gasteiger partial charge in [-0.2, -0.15) is 0 Å². The highest BCUT2D eigenvalue weighted by Gasteiger charge is 2.29. The minimum absolute atomic E-state index is 0.212. The Morgan fingerprint density at radius 2 is 1.92 bits per heavy atom. The van der Waals surface area contributed by atoms with Crippen molar-refractivity contribution in [3.8, 4) is 0 Å². The zero-order valence-electron chi connectivity index (χ0n) is 15.3. The van der Waals surface area contributed by atoms with Gasteiger partial charge in [-0.25, -0.2) is 0 Å². The van der Waals surface area contributed by atoms with Crippen molar-refractivity contribution in [1.82, 2.24) is 0 Å². The minimum Gasteiger partial charge on any atom is -0.384 e. The monoisotopic (exact) mass is 353 g/mol. The van der Waals surface area contributed by atoms with Crippen LogP contribution in [0.25, 0.3) is 0 Å². The van der Waals surface area contributed by atoms with Crippen molar-refractivity contribution in [2.24, 2.45) is 10.7 Å². The second-order valence-corrected chi connectivity index (χ2v) is 8.13. The zero-order chi connectivity index (χ0) is 17.9. The van der Waals surface area contributed by atoms with E-state index >= 15 is 0 Å². The lowest BCUT2D eigenvalue weighted by Gasteiger charge is -2.30. The topological polar surface area (TPSA) is 50.4 Å². The minimum atomic E-state index is -0.212. The van der Waals surface area contributed by atoms with Crippen LogP contribution in [0.5, 0.6) is 0 Å². The van der Waals surface area contributed by atoms with Crippen LogP contribution < -0.4 is 11.1 Å². The number of nitrogens with one attached hydrogen (secondary N) is 1. The van der Waals surface area contributed by atoms with E-state index in [1.54, 1.807) is 11.8 Å². The fourth-order valence-corrected chi connectivity index (χ4v) is 4.11. The third-order valence-corrected chi connectivity index (χ3v) is 5.70. The summed E-state index contributed by atoms with van der Waals surface area (Å²) in [7, 11) is 0. The number of rotatable bonds is 5. The molecule has 132 valence electrons. The van der Waals surface area contributed by atoms with Crippen LogP contribution in [0.1, 0.15) is 35.6 Å². The van der Waals surface area contributed by atoms with Crippen molar-refractivity contribution in [1.29, 1.82) is 0 Å². The molecule has 0 spiro atoms. The lowest BCUT2D eigenvalue weighted by Crippen LogP contribution is -2.28. The molecule has 0 fully saturated rings. The van der Waals surface area contributed by atoms with Crippen LogP contribution in [0.2, 0.25) is 0 Å². The molecule has 2 aromatic carbocycles. The van der Waals surface area contributed by atoms with E-state index in [9.17, 15) is 0 Å². The number of benzene rings is 2. The van der Waals surface area contributed by atoms with Gasteiger partial charge >= 0.3 is 0 Å². The Kier molecular flexibility index (Phi) is 5.38. The van der Waals surface area contributed by atoms with Crippen molar-refractivity contribution >= 4 is 22.6 Å². The molecule has 25 heavy (non-hydrogen) atoms. The van der Waals surface area contributed by atoms with Crippen molar-refractivity contribution in [2.45, 2.75) is 39.2 Å². The van der Waals surface area contributed by atoms with Gasteiger partial charge < -0.3 is 11.1 Å². The fraction of sp³-hybridized carbons (Fsp3) is 0.381. The van der Waals surface area contributed by atoms with E-state index in [2.05, 4.69) is 68.6 Å². The first kappa shape index (κ1) is 17.9. The van der Waals surface area contributed by atoms with Crippen LogP contribution >= 0.6 is 11.8 Å². The Labute approximate surface area is 155 Å². The van der Waals surface area contributed by atoms with Gasteiger partial charge in [0.25, 0.3) is 0 Å². The molecule has 3 rings (SSSR count). The Hall–Kier alpha value is -1.94. The molecular weight excluding hydrogens is 326 g/mol. The smallest absolute Gasteiger partial charge is 0.154 e. The summed E-state index contributed by atoms with van der Waals surface area (Å²) >= 11 is 1.65. The molecular formula is C21H27N3S. The van der Waals surface area contributed by atoms with Crippen LogP contribution in [-0.4, -0.2) is 17.5 Å². The molecule has 0 radical (unpaired) electrons. The lowest BCUT2D eigenvalue weighted by molar-refractivity contribution is 0.482. The maximum Gasteiger partial charge on any atom is 0.154 e. The Morgan fingerprint density at radius 1 is 1.16 bits per heavy atom. The summed E-state index contributed by atoms with van der Waals surface area (Å²) in [5, 5.41) is 4.30. The standard InChI is InChI=1S/C21H27N3S/c1-15-4-7-17(8-5-15)10-12-23-19-14-18(9-6-16(19)2)21(3)11-13-25-20(22)24-21/h4-9,14,23H,10-13H2,1-3H3,(H2,22,24). The fourth-order valence-electron chi connectivity index (χ4n) is 3.14. The van der Waals surface area contributed by atoms with Crippen LogP contribution in [0, 0.1) is 13.8 Å². The zero-order valence-corrected chi connectivity index (χ0v) is 16.1. The number of hydrogen-bond donors (Lipinski definition) is 2.